The summed E-state index contributed by atoms with van der Waals surface area (Å²) in [5.41, 5.74) is 14.6. The topological polar surface area (TPSA) is 160 Å². The van der Waals surface area contributed by atoms with Crippen LogP contribution in [0.5, 0.6) is 0 Å². The summed E-state index contributed by atoms with van der Waals surface area (Å²) in [5, 5.41) is 6.04. The second-order valence-corrected chi connectivity index (χ2v) is 10.6. The number of nitrogens with two attached hydrogens (primary N) is 2. The summed E-state index contributed by atoms with van der Waals surface area (Å²) in [5.74, 6) is -1.86. The van der Waals surface area contributed by atoms with Crippen molar-refractivity contribution in [2.45, 2.75) is 51.7 Å². The lowest BCUT2D eigenvalue weighted by Gasteiger charge is -2.36. The van der Waals surface area contributed by atoms with Gasteiger partial charge in [0.1, 0.15) is 12.1 Å². The van der Waals surface area contributed by atoms with Crippen molar-refractivity contribution in [3.63, 3.8) is 0 Å². The van der Waals surface area contributed by atoms with Crippen molar-refractivity contribution in [3.8, 4) is 0 Å². The number of nitrogens with zero attached hydrogens (tertiary/aromatic N) is 2. The van der Waals surface area contributed by atoms with E-state index in [2.05, 4.69) is 22.2 Å². The van der Waals surface area contributed by atoms with Gasteiger partial charge in [-0.2, -0.15) is 0 Å². The summed E-state index contributed by atoms with van der Waals surface area (Å²) in [4.78, 5) is 58.4. The Kier molecular flexibility index (Phi) is 11.8. The van der Waals surface area contributed by atoms with Gasteiger partial charge in [0.2, 0.25) is 17.7 Å². The SMILES string of the molecule is C=C/C=C\C=C(/C)C(=O)CCC(=O)N1Cc2ccccc2C[C@H]1C(=O)N[C@@H](CN=C(N)N)C(=O)Nc1ccc(Cl)c(C)c1. The Bertz CT molecular complexity index is 1480. The Morgan fingerprint density at radius 2 is 1.84 bits per heavy atom. The summed E-state index contributed by atoms with van der Waals surface area (Å²) in [6.45, 7) is 7.04. The van der Waals surface area contributed by atoms with Crippen LogP contribution in [0, 0.1) is 6.92 Å². The first-order valence-corrected chi connectivity index (χ1v) is 14.2. The molecule has 43 heavy (non-hydrogen) atoms. The first kappa shape index (κ1) is 32.8. The third-order valence-electron chi connectivity index (χ3n) is 6.99. The second-order valence-electron chi connectivity index (χ2n) is 10.2. The quantitative estimate of drug-likeness (QED) is 0.126. The van der Waals surface area contributed by atoms with Crippen LogP contribution in [0.1, 0.15) is 36.5 Å². The number of carbonyl (C=O) groups is 4. The molecule has 2 aromatic rings. The van der Waals surface area contributed by atoms with Gasteiger partial charge in [0.25, 0.3) is 0 Å². The lowest BCUT2D eigenvalue weighted by Crippen LogP contribution is -2.57. The molecular formula is C32H37ClN6O4. The molecule has 3 amide bonds. The van der Waals surface area contributed by atoms with E-state index in [0.29, 0.717) is 16.3 Å². The third-order valence-corrected chi connectivity index (χ3v) is 7.41. The number of halogens is 1. The van der Waals surface area contributed by atoms with Crippen LogP contribution in [0.2, 0.25) is 5.02 Å². The maximum Gasteiger partial charge on any atom is 0.248 e. The molecule has 3 rings (SSSR count). The molecule has 0 radical (unpaired) electrons. The molecule has 1 aliphatic heterocycles. The van der Waals surface area contributed by atoms with Gasteiger partial charge in [0, 0.05) is 36.5 Å². The zero-order chi connectivity index (χ0) is 31.5. The van der Waals surface area contributed by atoms with Crippen molar-refractivity contribution < 1.29 is 19.2 Å². The molecule has 0 saturated carbocycles. The predicted molar refractivity (Wildman–Crippen MR) is 169 cm³/mol. The van der Waals surface area contributed by atoms with E-state index in [1.165, 1.54) is 4.90 Å². The number of hydrogen-bond acceptors (Lipinski definition) is 5. The Labute approximate surface area is 256 Å². The normalized spacial score (nSPS) is 15.3. The first-order chi connectivity index (χ1) is 20.5. The van der Waals surface area contributed by atoms with E-state index in [9.17, 15) is 19.2 Å². The molecule has 2 atom stereocenters. The molecule has 1 aliphatic rings. The number of allylic oxidation sites excluding steroid dienone is 5. The number of carbonyl (C=O) groups excluding carboxylic acids is 4. The fraction of sp³-hybridized carbons (Fsp3) is 0.281. The van der Waals surface area contributed by atoms with Gasteiger partial charge in [-0.1, -0.05) is 66.7 Å². The largest absolute Gasteiger partial charge is 0.370 e. The van der Waals surface area contributed by atoms with Crippen LogP contribution in [0.4, 0.5) is 5.69 Å². The fourth-order valence-corrected chi connectivity index (χ4v) is 4.68. The zero-order valence-electron chi connectivity index (χ0n) is 24.3. The van der Waals surface area contributed by atoms with Gasteiger partial charge in [-0.3, -0.25) is 24.2 Å². The van der Waals surface area contributed by atoms with Gasteiger partial charge in [-0.15, -0.1) is 0 Å². The minimum absolute atomic E-state index is 0.00832. The first-order valence-electron chi connectivity index (χ1n) is 13.8. The van der Waals surface area contributed by atoms with Crippen molar-refractivity contribution in [1.82, 2.24) is 10.2 Å². The number of anilines is 1. The van der Waals surface area contributed by atoms with Crippen LogP contribution in [-0.4, -0.2) is 53.0 Å². The number of amides is 3. The third kappa shape index (κ3) is 9.40. The van der Waals surface area contributed by atoms with Gasteiger partial charge in [0.05, 0.1) is 6.54 Å². The molecule has 11 heteroatoms. The minimum Gasteiger partial charge on any atom is -0.370 e. The van der Waals surface area contributed by atoms with Gasteiger partial charge in [-0.25, -0.2) is 0 Å². The lowest BCUT2D eigenvalue weighted by molar-refractivity contribution is -0.143. The Morgan fingerprint density at radius 1 is 1.12 bits per heavy atom. The molecule has 10 nitrogen and oxygen atoms in total. The highest BCUT2D eigenvalue weighted by atomic mass is 35.5. The number of aryl methyl sites for hydroxylation is 1. The lowest BCUT2D eigenvalue weighted by atomic mass is 9.92. The highest BCUT2D eigenvalue weighted by Gasteiger charge is 2.36. The fourth-order valence-electron chi connectivity index (χ4n) is 4.56. The van der Waals surface area contributed by atoms with E-state index < -0.39 is 23.9 Å². The van der Waals surface area contributed by atoms with Crippen LogP contribution < -0.4 is 22.1 Å². The average molecular weight is 605 g/mol. The molecular weight excluding hydrogens is 568 g/mol. The molecule has 0 unspecified atom stereocenters. The van der Waals surface area contributed by atoms with Crippen molar-refractivity contribution in [2.24, 2.45) is 16.5 Å². The number of ketones is 1. The van der Waals surface area contributed by atoms with Crippen LogP contribution in [-0.2, 0) is 32.1 Å². The summed E-state index contributed by atoms with van der Waals surface area (Å²) < 4.78 is 0. The molecule has 0 aromatic heterocycles. The van der Waals surface area contributed by atoms with Gasteiger partial charge >= 0.3 is 0 Å². The Hall–Kier alpha value is -4.70. The standard InChI is InChI=1S/C32H37ClN6O4/c1-4-5-6-9-20(2)28(40)14-15-29(41)39-19-23-11-8-7-10-22(23)17-27(39)31(43)38-26(18-36-32(34)35)30(42)37-24-12-13-25(33)21(3)16-24/h4-13,16,26-27H,1,14-15,17-19H2,2-3H3,(H,37,42)(H,38,43)(H4,34,35,36)/b6-5-,20-9+/t26-,27-/m0/s1. The monoisotopic (exact) mass is 604 g/mol. The highest BCUT2D eigenvalue weighted by Crippen LogP contribution is 2.25. The number of aliphatic imine (C=N–C) groups is 1. The van der Waals surface area contributed by atoms with Crippen molar-refractivity contribution in [1.29, 1.82) is 0 Å². The van der Waals surface area contributed by atoms with E-state index in [4.69, 9.17) is 23.1 Å². The zero-order valence-corrected chi connectivity index (χ0v) is 25.1. The van der Waals surface area contributed by atoms with Crippen molar-refractivity contribution in [3.05, 3.63) is 101 Å². The summed E-state index contributed by atoms with van der Waals surface area (Å²) >= 11 is 6.10. The number of nitrogens with one attached hydrogen (secondary N) is 2. The average Bonchev–Trinajstić information content (AvgIpc) is 2.98. The summed E-state index contributed by atoms with van der Waals surface area (Å²) in [6, 6.07) is 10.5. The van der Waals surface area contributed by atoms with E-state index in [1.807, 2.05) is 24.3 Å². The number of fused-ring (bicyclic) bond motifs is 1. The number of guanidine groups is 1. The molecule has 0 bridgehead atoms. The molecule has 0 spiro atoms. The molecule has 2 aromatic carbocycles. The molecule has 0 aliphatic carbocycles. The maximum absolute atomic E-state index is 13.7. The predicted octanol–water partition coefficient (Wildman–Crippen LogP) is 3.34. The molecule has 226 valence electrons. The second kappa shape index (κ2) is 15.5. The van der Waals surface area contributed by atoms with Gasteiger partial charge < -0.3 is 27.0 Å². The van der Waals surface area contributed by atoms with E-state index in [1.54, 1.807) is 56.4 Å². The van der Waals surface area contributed by atoms with E-state index in [-0.39, 0.29) is 50.0 Å². The molecule has 0 saturated heterocycles. The summed E-state index contributed by atoms with van der Waals surface area (Å²) in [7, 11) is 0. The van der Waals surface area contributed by atoms with Crippen molar-refractivity contribution >= 4 is 46.8 Å². The Morgan fingerprint density at radius 3 is 2.51 bits per heavy atom. The van der Waals surface area contributed by atoms with Crippen LogP contribution >= 0.6 is 11.6 Å². The van der Waals surface area contributed by atoms with E-state index >= 15 is 0 Å². The smallest absolute Gasteiger partial charge is 0.248 e. The maximum atomic E-state index is 13.7. The van der Waals surface area contributed by atoms with Gasteiger partial charge in [-0.05, 0) is 54.3 Å². The number of Topliss-reactive ketones (excluding diaryl/α,β-unsaturated/α-hetero) is 1. The molecule has 0 fully saturated rings. The number of benzene rings is 2. The van der Waals surface area contributed by atoms with Crippen LogP contribution in [0.3, 0.4) is 0 Å². The van der Waals surface area contributed by atoms with Crippen LogP contribution in [0.25, 0.3) is 0 Å². The number of hydrogen-bond donors (Lipinski definition) is 4. The number of rotatable bonds is 12. The highest BCUT2D eigenvalue weighted by molar-refractivity contribution is 6.31. The molecule has 6 N–H and O–H groups in total. The molecule has 1 heterocycles. The summed E-state index contributed by atoms with van der Waals surface area (Å²) in [6.07, 6.45) is 6.82. The van der Waals surface area contributed by atoms with Crippen LogP contribution in [0.15, 0.2) is 83.9 Å². The Balaban J connectivity index is 1.80. The minimum atomic E-state index is -1.14. The van der Waals surface area contributed by atoms with E-state index in [0.717, 1.165) is 16.7 Å². The van der Waals surface area contributed by atoms with Crippen molar-refractivity contribution in [2.75, 3.05) is 11.9 Å². The van der Waals surface area contributed by atoms with Gasteiger partial charge in [0.15, 0.2) is 11.7 Å².